The number of H-pyrrole nitrogens is 1. The van der Waals surface area contributed by atoms with Crippen LogP contribution in [0.2, 0.25) is 0 Å². The molecule has 0 amide bonds. The highest BCUT2D eigenvalue weighted by atomic mass is 32.2. The van der Waals surface area contributed by atoms with Gasteiger partial charge in [0, 0.05) is 11.6 Å². The molecule has 0 atom stereocenters. The Morgan fingerprint density at radius 3 is 2.80 bits per heavy atom. The number of phenols is 1. The molecular formula is C13H11N3O3S. The molecule has 1 heterocycles. The lowest BCUT2D eigenvalue weighted by molar-refractivity contribution is 0.408. The zero-order valence-corrected chi connectivity index (χ0v) is 11.6. The summed E-state index contributed by atoms with van der Waals surface area (Å²) in [5.41, 5.74) is -0.204. The van der Waals surface area contributed by atoms with Crippen LogP contribution in [0.3, 0.4) is 0 Å². The van der Waals surface area contributed by atoms with E-state index < -0.39 is 5.56 Å². The van der Waals surface area contributed by atoms with Gasteiger partial charge in [0.05, 0.1) is 7.11 Å². The van der Waals surface area contributed by atoms with Gasteiger partial charge in [-0.15, -0.1) is 0 Å². The molecule has 0 fully saturated rings. The highest BCUT2D eigenvalue weighted by Gasteiger charge is 2.16. The summed E-state index contributed by atoms with van der Waals surface area (Å²) in [5.74, 6) is 0.366. The Labute approximate surface area is 119 Å². The first-order valence-electron chi connectivity index (χ1n) is 5.56. The van der Waals surface area contributed by atoms with Gasteiger partial charge in [-0.3, -0.25) is 4.79 Å². The quantitative estimate of drug-likeness (QED) is 0.659. The number of methoxy groups -OCH3 is 1. The predicted octanol–water partition coefficient (Wildman–Crippen LogP) is 1.74. The van der Waals surface area contributed by atoms with Crippen molar-refractivity contribution in [3.8, 4) is 28.8 Å². The van der Waals surface area contributed by atoms with Crippen LogP contribution in [-0.2, 0) is 0 Å². The van der Waals surface area contributed by atoms with Gasteiger partial charge in [0.2, 0.25) is 0 Å². The number of phenolic OH excluding ortho intramolecular Hbond substituents is 1. The Morgan fingerprint density at radius 2 is 2.25 bits per heavy atom. The van der Waals surface area contributed by atoms with E-state index in [1.165, 1.54) is 24.9 Å². The molecule has 102 valence electrons. The lowest BCUT2D eigenvalue weighted by Gasteiger charge is -2.08. The number of nitriles is 1. The molecule has 0 saturated carbocycles. The van der Waals surface area contributed by atoms with E-state index in [1.807, 2.05) is 6.07 Å². The summed E-state index contributed by atoms with van der Waals surface area (Å²) in [7, 11) is 1.48. The second-order valence-electron chi connectivity index (χ2n) is 3.79. The number of nitrogens with one attached hydrogen (secondary N) is 1. The fourth-order valence-electron chi connectivity index (χ4n) is 1.69. The lowest BCUT2D eigenvalue weighted by Crippen LogP contribution is -2.14. The number of ether oxygens (including phenoxy) is 1. The third kappa shape index (κ3) is 2.46. The standard InChI is InChI=1S/C13H11N3O3S/c1-19-7-3-4-8(10(17)5-7)11-9(6-14)12(18)16-13(15-11)20-2/h3-5,17H,1-2H3,(H,15,16,18). The second kappa shape index (κ2) is 5.67. The molecule has 6 nitrogen and oxygen atoms in total. The molecule has 0 radical (unpaired) electrons. The third-order valence-corrected chi connectivity index (χ3v) is 3.24. The van der Waals surface area contributed by atoms with Crippen molar-refractivity contribution in [2.24, 2.45) is 0 Å². The summed E-state index contributed by atoms with van der Waals surface area (Å²) in [4.78, 5) is 18.5. The number of rotatable bonds is 3. The number of aromatic amines is 1. The molecule has 0 saturated heterocycles. The molecule has 7 heteroatoms. The van der Waals surface area contributed by atoms with Gasteiger partial charge >= 0.3 is 0 Å². The smallest absolute Gasteiger partial charge is 0.270 e. The number of aromatic hydroxyl groups is 1. The Hall–Kier alpha value is -2.46. The summed E-state index contributed by atoms with van der Waals surface area (Å²) in [6.07, 6.45) is 1.75. The van der Waals surface area contributed by atoms with Crippen LogP contribution >= 0.6 is 11.8 Å². The predicted molar refractivity (Wildman–Crippen MR) is 75.0 cm³/mol. The molecule has 2 rings (SSSR count). The van der Waals surface area contributed by atoms with Crippen LogP contribution in [-0.4, -0.2) is 28.4 Å². The molecule has 2 aromatic rings. The average Bonchev–Trinajstić information content (AvgIpc) is 2.46. The molecule has 20 heavy (non-hydrogen) atoms. The third-order valence-electron chi connectivity index (χ3n) is 2.66. The summed E-state index contributed by atoms with van der Waals surface area (Å²) in [6, 6.07) is 6.39. The van der Waals surface area contributed by atoms with Crippen molar-refractivity contribution >= 4 is 11.8 Å². The van der Waals surface area contributed by atoms with Crippen LogP contribution in [0.4, 0.5) is 0 Å². The fourth-order valence-corrected chi connectivity index (χ4v) is 2.06. The Kier molecular flexibility index (Phi) is 3.96. The molecular weight excluding hydrogens is 278 g/mol. The largest absolute Gasteiger partial charge is 0.507 e. The normalized spacial score (nSPS) is 10.1. The lowest BCUT2D eigenvalue weighted by atomic mass is 10.1. The van der Waals surface area contributed by atoms with Crippen molar-refractivity contribution in [3.63, 3.8) is 0 Å². The minimum Gasteiger partial charge on any atom is -0.507 e. The van der Waals surface area contributed by atoms with Crippen molar-refractivity contribution in [3.05, 3.63) is 34.1 Å². The first-order chi connectivity index (χ1) is 9.60. The van der Waals surface area contributed by atoms with Gasteiger partial charge in [0.25, 0.3) is 5.56 Å². The molecule has 0 aliphatic heterocycles. The van der Waals surface area contributed by atoms with Gasteiger partial charge in [0.1, 0.15) is 28.8 Å². The van der Waals surface area contributed by atoms with E-state index >= 15 is 0 Å². The van der Waals surface area contributed by atoms with E-state index in [-0.39, 0.29) is 17.0 Å². The fraction of sp³-hybridized carbons (Fsp3) is 0.154. The highest BCUT2D eigenvalue weighted by molar-refractivity contribution is 7.98. The topological polar surface area (TPSA) is 99.0 Å². The number of thioether (sulfide) groups is 1. The van der Waals surface area contributed by atoms with Crippen molar-refractivity contribution in [2.75, 3.05) is 13.4 Å². The van der Waals surface area contributed by atoms with Crippen LogP contribution in [0.25, 0.3) is 11.3 Å². The van der Waals surface area contributed by atoms with Gasteiger partial charge in [-0.1, -0.05) is 11.8 Å². The number of aromatic nitrogens is 2. The maximum atomic E-state index is 11.8. The number of hydrogen-bond acceptors (Lipinski definition) is 6. The summed E-state index contributed by atoms with van der Waals surface area (Å²) in [5, 5.41) is 19.5. The van der Waals surface area contributed by atoms with Gasteiger partial charge in [-0.25, -0.2) is 4.98 Å². The van der Waals surface area contributed by atoms with Crippen LogP contribution in [0, 0.1) is 11.3 Å². The average molecular weight is 289 g/mol. The molecule has 0 spiro atoms. The van der Waals surface area contributed by atoms with Gasteiger partial charge in [-0.2, -0.15) is 5.26 Å². The Bertz CT molecular complexity index is 750. The first-order valence-corrected chi connectivity index (χ1v) is 6.79. The van der Waals surface area contributed by atoms with Gasteiger partial charge in [-0.05, 0) is 18.4 Å². The minimum atomic E-state index is -0.530. The van der Waals surface area contributed by atoms with Crippen LogP contribution in [0.5, 0.6) is 11.5 Å². The van der Waals surface area contributed by atoms with Gasteiger partial charge < -0.3 is 14.8 Å². The maximum Gasteiger partial charge on any atom is 0.270 e. The Balaban J connectivity index is 2.72. The maximum absolute atomic E-state index is 11.8. The van der Waals surface area contributed by atoms with E-state index in [4.69, 9.17) is 10.00 Å². The molecule has 1 aromatic carbocycles. The van der Waals surface area contributed by atoms with E-state index in [1.54, 1.807) is 18.4 Å². The van der Waals surface area contributed by atoms with Crippen molar-refractivity contribution in [1.82, 2.24) is 9.97 Å². The molecule has 0 aliphatic carbocycles. The molecule has 0 aliphatic rings. The molecule has 2 N–H and O–H groups in total. The van der Waals surface area contributed by atoms with E-state index in [9.17, 15) is 9.90 Å². The monoisotopic (exact) mass is 289 g/mol. The Morgan fingerprint density at radius 1 is 1.50 bits per heavy atom. The highest BCUT2D eigenvalue weighted by Crippen LogP contribution is 2.32. The molecule has 0 unspecified atom stereocenters. The first kappa shape index (κ1) is 14.0. The number of benzene rings is 1. The zero-order valence-electron chi connectivity index (χ0n) is 10.8. The van der Waals surface area contributed by atoms with Crippen LogP contribution in [0.15, 0.2) is 28.2 Å². The second-order valence-corrected chi connectivity index (χ2v) is 4.59. The minimum absolute atomic E-state index is 0.106. The van der Waals surface area contributed by atoms with Crippen molar-refractivity contribution < 1.29 is 9.84 Å². The summed E-state index contributed by atoms with van der Waals surface area (Å²) >= 11 is 1.24. The summed E-state index contributed by atoms with van der Waals surface area (Å²) < 4.78 is 4.99. The SMILES string of the molecule is COc1ccc(-c2nc(SC)[nH]c(=O)c2C#N)c(O)c1. The van der Waals surface area contributed by atoms with Crippen LogP contribution in [0.1, 0.15) is 5.56 Å². The summed E-state index contributed by atoms with van der Waals surface area (Å²) in [6.45, 7) is 0. The zero-order chi connectivity index (χ0) is 14.7. The van der Waals surface area contributed by atoms with E-state index in [2.05, 4.69) is 9.97 Å². The molecule has 0 bridgehead atoms. The van der Waals surface area contributed by atoms with Gasteiger partial charge in [0.15, 0.2) is 5.16 Å². The number of hydrogen-bond donors (Lipinski definition) is 2. The van der Waals surface area contributed by atoms with E-state index in [0.717, 1.165) is 0 Å². The van der Waals surface area contributed by atoms with Crippen molar-refractivity contribution in [2.45, 2.75) is 5.16 Å². The molecule has 1 aromatic heterocycles. The van der Waals surface area contributed by atoms with Crippen molar-refractivity contribution in [1.29, 1.82) is 5.26 Å². The van der Waals surface area contributed by atoms with E-state index in [0.29, 0.717) is 16.5 Å². The van der Waals surface area contributed by atoms with Crippen LogP contribution < -0.4 is 10.3 Å². The number of nitrogens with zero attached hydrogens (tertiary/aromatic N) is 2.